The van der Waals surface area contributed by atoms with Gasteiger partial charge in [-0.2, -0.15) is 15.0 Å². The number of piperazine rings is 1. The average molecular weight is 412 g/mol. The molecule has 1 aliphatic heterocycles. The third-order valence-corrected chi connectivity index (χ3v) is 4.18. The van der Waals surface area contributed by atoms with E-state index in [0.29, 0.717) is 64.3 Å². The molecule has 0 aliphatic carbocycles. The lowest BCUT2D eigenvalue weighted by atomic mass is 10.2. The molecule has 0 bridgehead atoms. The Bertz CT molecular complexity index is 667. The van der Waals surface area contributed by atoms with Crippen LogP contribution in [0.15, 0.2) is 0 Å². The molecular weight excluding hydrogens is 378 g/mol. The SMILES string of the molecule is CN(O)c1nc(N(CCN)CCN)nc(N2CCN(C(=O)OC(C)(C)C)CC2)n1. The molecule has 1 fully saturated rings. The van der Waals surface area contributed by atoms with E-state index in [1.165, 1.54) is 7.05 Å². The van der Waals surface area contributed by atoms with Crippen molar-refractivity contribution in [3.8, 4) is 0 Å². The van der Waals surface area contributed by atoms with Crippen molar-refractivity contribution in [2.75, 3.05) is 74.3 Å². The highest BCUT2D eigenvalue weighted by molar-refractivity contribution is 5.68. The van der Waals surface area contributed by atoms with Gasteiger partial charge in [-0.05, 0) is 20.8 Å². The summed E-state index contributed by atoms with van der Waals surface area (Å²) in [6.07, 6.45) is -0.332. The summed E-state index contributed by atoms with van der Waals surface area (Å²) in [5.74, 6) is 0.948. The molecule has 1 aliphatic rings. The van der Waals surface area contributed by atoms with Gasteiger partial charge in [-0.25, -0.2) is 9.86 Å². The quantitative estimate of drug-likeness (QED) is 0.497. The van der Waals surface area contributed by atoms with Crippen LogP contribution in [0.25, 0.3) is 0 Å². The molecule has 1 amide bonds. The molecule has 0 unspecified atom stereocenters. The number of hydrogen-bond acceptors (Lipinski definition) is 11. The molecule has 2 rings (SSSR count). The Kier molecular flexibility index (Phi) is 7.76. The maximum Gasteiger partial charge on any atom is 0.410 e. The fourth-order valence-electron chi connectivity index (χ4n) is 2.81. The van der Waals surface area contributed by atoms with Crippen LogP contribution in [0, 0.1) is 0 Å². The monoisotopic (exact) mass is 411 g/mol. The number of anilines is 3. The number of aromatic nitrogens is 3. The number of hydroxylamine groups is 1. The first-order chi connectivity index (χ1) is 13.6. The molecule has 0 spiro atoms. The van der Waals surface area contributed by atoms with Crippen LogP contribution >= 0.6 is 0 Å². The lowest BCUT2D eigenvalue weighted by molar-refractivity contribution is 0.0240. The van der Waals surface area contributed by atoms with E-state index in [1.54, 1.807) is 4.90 Å². The summed E-state index contributed by atoms with van der Waals surface area (Å²) >= 11 is 0. The zero-order valence-electron chi connectivity index (χ0n) is 17.7. The largest absolute Gasteiger partial charge is 0.444 e. The van der Waals surface area contributed by atoms with E-state index in [2.05, 4.69) is 15.0 Å². The molecule has 12 heteroatoms. The van der Waals surface area contributed by atoms with Crippen molar-refractivity contribution < 1.29 is 14.7 Å². The molecule has 1 saturated heterocycles. The van der Waals surface area contributed by atoms with Gasteiger partial charge in [-0.1, -0.05) is 0 Å². The second kappa shape index (κ2) is 9.85. The van der Waals surface area contributed by atoms with Crippen molar-refractivity contribution in [2.24, 2.45) is 11.5 Å². The van der Waals surface area contributed by atoms with Gasteiger partial charge in [0.1, 0.15) is 5.60 Å². The number of carbonyl (C=O) groups is 1. The van der Waals surface area contributed by atoms with Crippen LogP contribution in [0.2, 0.25) is 0 Å². The Morgan fingerprint density at radius 1 is 1.07 bits per heavy atom. The van der Waals surface area contributed by atoms with Crippen LogP contribution in [0.1, 0.15) is 20.8 Å². The highest BCUT2D eigenvalue weighted by Crippen LogP contribution is 2.20. The molecule has 0 radical (unpaired) electrons. The van der Waals surface area contributed by atoms with Crippen LogP contribution < -0.4 is 26.3 Å². The molecule has 5 N–H and O–H groups in total. The fraction of sp³-hybridized carbons (Fsp3) is 0.765. The van der Waals surface area contributed by atoms with E-state index >= 15 is 0 Å². The Balaban J connectivity index is 2.16. The molecule has 1 aromatic heterocycles. The lowest BCUT2D eigenvalue weighted by Gasteiger charge is -2.36. The van der Waals surface area contributed by atoms with E-state index < -0.39 is 5.60 Å². The van der Waals surface area contributed by atoms with Gasteiger partial charge in [-0.3, -0.25) is 5.21 Å². The van der Waals surface area contributed by atoms with Gasteiger partial charge in [0.2, 0.25) is 11.9 Å². The van der Waals surface area contributed by atoms with Crippen molar-refractivity contribution >= 4 is 23.9 Å². The highest BCUT2D eigenvalue weighted by Gasteiger charge is 2.27. The Labute approximate surface area is 171 Å². The summed E-state index contributed by atoms with van der Waals surface area (Å²) in [5.41, 5.74) is 10.8. The Morgan fingerprint density at radius 3 is 2.10 bits per heavy atom. The van der Waals surface area contributed by atoms with Crippen LogP contribution in [0.4, 0.5) is 22.6 Å². The van der Waals surface area contributed by atoms with Crippen molar-refractivity contribution in [1.29, 1.82) is 0 Å². The zero-order valence-corrected chi connectivity index (χ0v) is 17.7. The predicted octanol–water partition coefficient (Wildman–Crippen LogP) is -0.522. The molecule has 12 nitrogen and oxygen atoms in total. The summed E-state index contributed by atoms with van der Waals surface area (Å²) in [6.45, 7) is 9.45. The highest BCUT2D eigenvalue weighted by atomic mass is 16.6. The summed E-state index contributed by atoms with van der Waals surface area (Å²) in [5, 5.41) is 10.7. The molecule has 0 atom stereocenters. The summed E-state index contributed by atoms with van der Waals surface area (Å²) in [7, 11) is 1.44. The first-order valence-electron chi connectivity index (χ1n) is 9.71. The van der Waals surface area contributed by atoms with Crippen LogP contribution in [0.3, 0.4) is 0 Å². The summed E-state index contributed by atoms with van der Waals surface area (Å²) < 4.78 is 5.43. The van der Waals surface area contributed by atoms with E-state index in [9.17, 15) is 10.0 Å². The first-order valence-corrected chi connectivity index (χ1v) is 9.71. The van der Waals surface area contributed by atoms with Crippen molar-refractivity contribution in [3.63, 3.8) is 0 Å². The van der Waals surface area contributed by atoms with Crippen molar-refractivity contribution in [1.82, 2.24) is 19.9 Å². The van der Waals surface area contributed by atoms with Gasteiger partial charge in [0.05, 0.1) is 0 Å². The number of carbonyl (C=O) groups excluding carboxylic acids is 1. The zero-order chi connectivity index (χ0) is 21.6. The standard InChI is InChI=1S/C17H33N9O3/c1-17(2,3)29-16(27)26-11-9-25(10-12-26)15-21-13(23(4)28)20-14(22-15)24(7-5-18)8-6-19/h28H,5-12,18-19H2,1-4H3. The number of nitrogens with two attached hydrogens (primary N) is 2. The molecule has 0 saturated carbocycles. The van der Waals surface area contributed by atoms with E-state index in [-0.39, 0.29) is 12.0 Å². The Morgan fingerprint density at radius 2 is 1.62 bits per heavy atom. The molecule has 29 heavy (non-hydrogen) atoms. The van der Waals surface area contributed by atoms with E-state index in [1.807, 2.05) is 30.6 Å². The lowest BCUT2D eigenvalue weighted by Crippen LogP contribution is -2.50. The van der Waals surface area contributed by atoms with Crippen LogP contribution in [-0.2, 0) is 4.74 Å². The maximum absolute atomic E-state index is 12.3. The maximum atomic E-state index is 12.3. The molecule has 2 heterocycles. The summed E-state index contributed by atoms with van der Waals surface area (Å²) in [6, 6.07) is 0. The first kappa shape index (κ1) is 22.8. The van der Waals surface area contributed by atoms with Gasteiger partial charge in [0, 0.05) is 59.4 Å². The number of hydrogen-bond donors (Lipinski definition) is 3. The Hall–Kier alpha value is -2.44. The molecule has 1 aromatic rings. The van der Waals surface area contributed by atoms with Crippen LogP contribution in [0.5, 0.6) is 0 Å². The average Bonchev–Trinajstić information content (AvgIpc) is 2.66. The second-order valence-corrected chi connectivity index (χ2v) is 7.78. The minimum atomic E-state index is -0.534. The van der Waals surface area contributed by atoms with E-state index in [4.69, 9.17) is 16.2 Å². The fourth-order valence-corrected chi connectivity index (χ4v) is 2.81. The van der Waals surface area contributed by atoms with E-state index in [0.717, 1.165) is 5.06 Å². The minimum Gasteiger partial charge on any atom is -0.444 e. The van der Waals surface area contributed by atoms with Crippen molar-refractivity contribution in [2.45, 2.75) is 26.4 Å². The van der Waals surface area contributed by atoms with Gasteiger partial charge in [-0.15, -0.1) is 0 Å². The number of rotatable bonds is 7. The third-order valence-electron chi connectivity index (χ3n) is 4.18. The topological polar surface area (TPSA) is 150 Å². The van der Waals surface area contributed by atoms with Gasteiger partial charge >= 0.3 is 6.09 Å². The molecule has 0 aromatic carbocycles. The van der Waals surface area contributed by atoms with Gasteiger partial charge in [0.15, 0.2) is 0 Å². The van der Waals surface area contributed by atoms with Crippen molar-refractivity contribution in [3.05, 3.63) is 0 Å². The van der Waals surface area contributed by atoms with Gasteiger partial charge < -0.3 is 30.9 Å². The predicted molar refractivity (Wildman–Crippen MR) is 110 cm³/mol. The normalized spacial score (nSPS) is 14.7. The molecular formula is C17H33N9O3. The van der Waals surface area contributed by atoms with Gasteiger partial charge in [0.25, 0.3) is 5.95 Å². The molecule has 164 valence electrons. The summed E-state index contributed by atoms with van der Waals surface area (Å²) in [4.78, 5) is 30.9. The second-order valence-electron chi connectivity index (χ2n) is 7.78. The number of amides is 1. The number of nitrogens with zero attached hydrogens (tertiary/aromatic N) is 7. The third kappa shape index (κ3) is 6.54. The number of ether oxygens (including phenoxy) is 1. The smallest absolute Gasteiger partial charge is 0.410 e. The van der Waals surface area contributed by atoms with Crippen LogP contribution in [-0.4, -0.2) is 96.2 Å². The minimum absolute atomic E-state index is 0.124.